The number of hydrogen-bond acceptors (Lipinski definition) is 3. The number of oxime groups is 1. The fourth-order valence-electron chi connectivity index (χ4n) is 2.95. The van der Waals surface area contributed by atoms with Crippen molar-refractivity contribution in [2.75, 3.05) is 4.90 Å². The molecule has 0 bridgehead atoms. The molecule has 4 nitrogen and oxygen atoms in total. The number of nitrogens with zero attached hydrogens (tertiary/aromatic N) is 2. The summed E-state index contributed by atoms with van der Waals surface area (Å²) in [5.41, 5.74) is 8.64. The molecule has 0 fully saturated rings. The van der Waals surface area contributed by atoms with Gasteiger partial charge in [-0.15, -0.1) is 0 Å². The van der Waals surface area contributed by atoms with Gasteiger partial charge in [-0.05, 0) is 37.1 Å². The van der Waals surface area contributed by atoms with Gasteiger partial charge in [-0.1, -0.05) is 29.4 Å². The maximum atomic E-state index is 14.1. The molecule has 3 N–H and O–H groups in total. The molecule has 0 aliphatic carbocycles. The van der Waals surface area contributed by atoms with Crippen molar-refractivity contribution in [2.45, 2.75) is 19.4 Å². The lowest BCUT2D eigenvalue weighted by Crippen LogP contribution is -2.28. The molecule has 0 radical (unpaired) electrons. The van der Waals surface area contributed by atoms with Crippen LogP contribution in [0.2, 0.25) is 0 Å². The van der Waals surface area contributed by atoms with E-state index in [0.29, 0.717) is 5.69 Å². The van der Waals surface area contributed by atoms with Gasteiger partial charge >= 0.3 is 0 Å². The Balaban J connectivity index is 2.20. The summed E-state index contributed by atoms with van der Waals surface area (Å²) in [6.45, 7) is 2.07. The van der Waals surface area contributed by atoms with E-state index in [9.17, 15) is 4.39 Å². The van der Waals surface area contributed by atoms with Crippen LogP contribution in [0.15, 0.2) is 47.6 Å². The van der Waals surface area contributed by atoms with Crippen molar-refractivity contribution in [1.82, 2.24) is 0 Å². The normalized spacial score (nSPS) is 17.9. The first kappa shape index (κ1) is 13.4. The lowest BCUT2D eigenvalue weighted by atomic mass is 10.1. The smallest absolute Gasteiger partial charge is 0.175 e. The number of halogens is 1. The summed E-state index contributed by atoms with van der Waals surface area (Å²) in [6.07, 6.45) is 0.877. The third-order valence-corrected chi connectivity index (χ3v) is 3.82. The van der Waals surface area contributed by atoms with Crippen molar-refractivity contribution in [1.29, 1.82) is 0 Å². The van der Waals surface area contributed by atoms with Gasteiger partial charge in [-0.3, -0.25) is 0 Å². The van der Waals surface area contributed by atoms with Crippen molar-refractivity contribution >= 4 is 17.2 Å². The summed E-state index contributed by atoms with van der Waals surface area (Å²) in [7, 11) is 0. The van der Waals surface area contributed by atoms with Gasteiger partial charge in [0.2, 0.25) is 0 Å². The van der Waals surface area contributed by atoms with Crippen molar-refractivity contribution in [3.05, 3.63) is 59.4 Å². The highest BCUT2D eigenvalue weighted by Crippen LogP contribution is 2.40. The summed E-state index contributed by atoms with van der Waals surface area (Å²) < 4.78 is 14.1. The first-order valence-corrected chi connectivity index (χ1v) is 6.77. The van der Waals surface area contributed by atoms with Crippen LogP contribution in [0.25, 0.3) is 0 Å². The summed E-state index contributed by atoms with van der Waals surface area (Å²) in [5.74, 6) is -0.723. The number of benzene rings is 2. The Kier molecular flexibility index (Phi) is 3.25. The zero-order chi connectivity index (χ0) is 15.0. The van der Waals surface area contributed by atoms with Crippen LogP contribution in [-0.2, 0) is 6.42 Å². The zero-order valence-electron chi connectivity index (χ0n) is 11.6. The molecule has 2 aromatic rings. The first-order valence-electron chi connectivity index (χ1n) is 6.77. The van der Waals surface area contributed by atoms with Crippen molar-refractivity contribution in [3.63, 3.8) is 0 Å². The monoisotopic (exact) mass is 285 g/mol. The molecule has 0 saturated heterocycles. The predicted octanol–water partition coefficient (Wildman–Crippen LogP) is 3.00. The van der Waals surface area contributed by atoms with E-state index in [2.05, 4.69) is 18.1 Å². The van der Waals surface area contributed by atoms with Gasteiger partial charge in [0, 0.05) is 11.7 Å². The molecule has 0 amide bonds. The molecule has 1 aliphatic rings. The highest BCUT2D eigenvalue weighted by molar-refractivity contribution is 6.03. The zero-order valence-corrected chi connectivity index (χ0v) is 11.6. The SMILES string of the molecule is CC1Cc2ccccc2N1c1cccc(F)c1C(N)=NO. The van der Waals surface area contributed by atoms with E-state index in [0.717, 1.165) is 12.1 Å². The first-order chi connectivity index (χ1) is 10.1. The molecule has 3 rings (SSSR count). The molecule has 5 heteroatoms. The fourth-order valence-corrected chi connectivity index (χ4v) is 2.95. The number of hydrogen-bond donors (Lipinski definition) is 2. The molecule has 0 spiro atoms. The van der Waals surface area contributed by atoms with Crippen molar-refractivity contribution < 1.29 is 9.60 Å². The molecule has 0 aromatic heterocycles. The fraction of sp³-hybridized carbons (Fsp3) is 0.188. The largest absolute Gasteiger partial charge is 0.409 e. The highest BCUT2D eigenvalue weighted by Gasteiger charge is 2.30. The van der Waals surface area contributed by atoms with E-state index >= 15 is 0 Å². The van der Waals surface area contributed by atoms with Crippen LogP contribution in [0, 0.1) is 5.82 Å². The minimum Gasteiger partial charge on any atom is -0.409 e. The Bertz CT molecular complexity index is 714. The topological polar surface area (TPSA) is 61.8 Å². The van der Waals surface area contributed by atoms with Gasteiger partial charge < -0.3 is 15.8 Å². The third-order valence-electron chi connectivity index (χ3n) is 3.82. The molecule has 0 saturated carbocycles. The lowest BCUT2D eigenvalue weighted by Gasteiger charge is -2.27. The van der Waals surface area contributed by atoms with Crippen LogP contribution < -0.4 is 10.6 Å². The Hall–Kier alpha value is -2.56. The Labute approximate surface area is 122 Å². The minimum atomic E-state index is -0.501. The Morgan fingerprint density at radius 1 is 1.24 bits per heavy atom. The number of nitrogens with two attached hydrogens (primary N) is 1. The van der Waals surface area contributed by atoms with Crippen LogP contribution in [0.4, 0.5) is 15.8 Å². The lowest BCUT2D eigenvalue weighted by molar-refractivity contribution is 0.318. The van der Waals surface area contributed by atoms with Gasteiger partial charge in [0.15, 0.2) is 5.84 Å². The third kappa shape index (κ3) is 2.11. The van der Waals surface area contributed by atoms with Gasteiger partial charge in [0.1, 0.15) is 5.82 Å². The molecule has 1 unspecified atom stereocenters. The number of rotatable bonds is 2. The number of amidine groups is 1. The summed E-state index contributed by atoms with van der Waals surface area (Å²) >= 11 is 0. The maximum absolute atomic E-state index is 14.1. The molecule has 21 heavy (non-hydrogen) atoms. The molecule has 1 atom stereocenters. The second kappa shape index (κ2) is 5.09. The predicted molar refractivity (Wildman–Crippen MR) is 80.7 cm³/mol. The van der Waals surface area contributed by atoms with E-state index in [4.69, 9.17) is 10.9 Å². The molecular formula is C16H16FN3O. The second-order valence-corrected chi connectivity index (χ2v) is 5.17. The average Bonchev–Trinajstić information content (AvgIpc) is 2.82. The molecule has 108 valence electrons. The standard InChI is InChI=1S/C16H16FN3O/c1-10-9-11-5-2-3-7-13(11)20(10)14-8-4-6-12(17)15(14)16(18)19-21/h2-8,10,21H,9H2,1H3,(H2,18,19). The Morgan fingerprint density at radius 3 is 2.71 bits per heavy atom. The van der Waals surface area contributed by atoms with Gasteiger partial charge in [-0.25, -0.2) is 4.39 Å². The van der Waals surface area contributed by atoms with Gasteiger partial charge in [0.25, 0.3) is 0 Å². The van der Waals surface area contributed by atoms with E-state index in [1.54, 1.807) is 12.1 Å². The Morgan fingerprint density at radius 2 is 1.95 bits per heavy atom. The molecule has 1 heterocycles. The van der Waals surface area contributed by atoms with Crippen LogP contribution in [0.3, 0.4) is 0 Å². The van der Waals surface area contributed by atoms with Crippen LogP contribution in [-0.4, -0.2) is 17.1 Å². The van der Waals surface area contributed by atoms with Crippen molar-refractivity contribution in [2.24, 2.45) is 10.9 Å². The van der Waals surface area contributed by atoms with Crippen molar-refractivity contribution in [3.8, 4) is 0 Å². The number of fused-ring (bicyclic) bond motifs is 1. The number of para-hydroxylation sites is 1. The van der Waals surface area contributed by atoms with Crippen LogP contribution in [0.5, 0.6) is 0 Å². The minimum absolute atomic E-state index is 0.128. The van der Waals surface area contributed by atoms with E-state index in [1.807, 2.05) is 23.1 Å². The molecule has 2 aromatic carbocycles. The summed E-state index contributed by atoms with van der Waals surface area (Å²) in [4.78, 5) is 2.03. The highest BCUT2D eigenvalue weighted by atomic mass is 19.1. The van der Waals surface area contributed by atoms with E-state index < -0.39 is 5.82 Å². The number of anilines is 2. The maximum Gasteiger partial charge on any atom is 0.175 e. The van der Waals surface area contributed by atoms with E-state index in [-0.39, 0.29) is 17.4 Å². The van der Waals surface area contributed by atoms with Crippen LogP contribution in [0.1, 0.15) is 18.1 Å². The van der Waals surface area contributed by atoms with E-state index in [1.165, 1.54) is 11.6 Å². The van der Waals surface area contributed by atoms with Gasteiger partial charge in [0.05, 0.1) is 11.3 Å². The van der Waals surface area contributed by atoms with Crippen LogP contribution >= 0.6 is 0 Å². The molecule has 1 aliphatic heterocycles. The molecular weight excluding hydrogens is 269 g/mol. The summed E-state index contributed by atoms with van der Waals surface area (Å²) in [6, 6.07) is 12.9. The van der Waals surface area contributed by atoms with Gasteiger partial charge in [-0.2, -0.15) is 0 Å². The summed E-state index contributed by atoms with van der Waals surface area (Å²) in [5, 5.41) is 11.9. The quantitative estimate of drug-likeness (QED) is 0.386. The average molecular weight is 285 g/mol. The second-order valence-electron chi connectivity index (χ2n) is 5.17.